The number of hydrogen-bond acceptors (Lipinski definition) is 3. The molecule has 92 valence electrons. The van der Waals surface area contributed by atoms with Crippen molar-refractivity contribution in [2.75, 3.05) is 0 Å². The van der Waals surface area contributed by atoms with E-state index in [9.17, 15) is 4.39 Å². The highest BCUT2D eigenvalue weighted by molar-refractivity contribution is 9.10. The Morgan fingerprint density at radius 1 is 1.24 bits per heavy atom. The van der Waals surface area contributed by atoms with Gasteiger partial charge in [-0.05, 0) is 49.7 Å². The minimum Gasteiger partial charge on any atom is -0.398 e. The van der Waals surface area contributed by atoms with Crippen LogP contribution in [0.1, 0.15) is 27.7 Å². The molecule has 2 heterocycles. The molecule has 0 unspecified atom stereocenters. The summed E-state index contributed by atoms with van der Waals surface area (Å²) in [5, 5.41) is 0. The third-order valence-corrected chi connectivity index (χ3v) is 3.95. The fraction of sp³-hybridized carbons (Fsp3) is 0.545. The van der Waals surface area contributed by atoms with Crippen molar-refractivity contribution in [3.8, 4) is 0 Å². The molecular weight excluding hydrogens is 288 g/mol. The quantitative estimate of drug-likeness (QED) is 0.746. The van der Waals surface area contributed by atoms with Crippen LogP contribution in [-0.4, -0.2) is 23.3 Å². The van der Waals surface area contributed by atoms with Crippen molar-refractivity contribution in [3.63, 3.8) is 0 Å². The van der Waals surface area contributed by atoms with Gasteiger partial charge in [0, 0.05) is 4.47 Å². The summed E-state index contributed by atoms with van der Waals surface area (Å²) in [6.07, 6.45) is 1.16. The molecule has 2 rings (SSSR count). The van der Waals surface area contributed by atoms with E-state index in [2.05, 4.69) is 20.9 Å². The second kappa shape index (κ2) is 4.04. The maximum absolute atomic E-state index is 13.0. The molecule has 1 aromatic rings. The number of nitrogens with zero attached hydrogens (tertiary/aromatic N) is 1. The molecule has 0 amide bonds. The summed E-state index contributed by atoms with van der Waals surface area (Å²) in [5.74, 6) is -0.392. The molecular formula is C11H14BBrFNO2. The Labute approximate surface area is 109 Å². The van der Waals surface area contributed by atoms with Crippen LogP contribution in [0.2, 0.25) is 0 Å². The van der Waals surface area contributed by atoms with E-state index in [0.717, 1.165) is 6.20 Å². The highest BCUT2D eigenvalue weighted by atomic mass is 79.9. The van der Waals surface area contributed by atoms with E-state index < -0.39 is 24.1 Å². The van der Waals surface area contributed by atoms with Crippen molar-refractivity contribution < 1.29 is 13.7 Å². The number of aromatic nitrogens is 1. The first kappa shape index (κ1) is 13.0. The van der Waals surface area contributed by atoms with E-state index in [1.54, 1.807) is 0 Å². The van der Waals surface area contributed by atoms with Gasteiger partial charge in [0.2, 0.25) is 0 Å². The van der Waals surface area contributed by atoms with Gasteiger partial charge >= 0.3 is 7.12 Å². The summed E-state index contributed by atoms with van der Waals surface area (Å²) in [6.45, 7) is 7.85. The van der Waals surface area contributed by atoms with Crippen LogP contribution in [0.15, 0.2) is 16.7 Å². The van der Waals surface area contributed by atoms with Crippen LogP contribution in [0.3, 0.4) is 0 Å². The van der Waals surface area contributed by atoms with E-state index >= 15 is 0 Å². The van der Waals surface area contributed by atoms with E-state index in [-0.39, 0.29) is 0 Å². The van der Waals surface area contributed by atoms with Gasteiger partial charge in [0.05, 0.1) is 23.0 Å². The zero-order chi connectivity index (χ0) is 12.8. The number of halogens is 2. The van der Waals surface area contributed by atoms with Crippen LogP contribution in [0, 0.1) is 5.82 Å². The molecule has 6 heteroatoms. The molecule has 3 nitrogen and oxygen atoms in total. The minimum atomic E-state index is -0.574. The van der Waals surface area contributed by atoms with E-state index in [1.165, 1.54) is 6.07 Å². The molecule has 0 bridgehead atoms. The lowest BCUT2D eigenvalue weighted by molar-refractivity contribution is 0.00578. The lowest BCUT2D eigenvalue weighted by Crippen LogP contribution is -2.41. The van der Waals surface area contributed by atoms with Gasteiger partial charge in [-0.15, -0.1) is 0 Å². The van der Waals surface area contributed by atoms with E-state index in [0.29, 0.717) is 10.1 Å². The maximum Gasteiger partial charge on any atom is 0.515 e. The van der Waals surface area contributed by atoms with Crippen LogP contribution in [0.4, 0.5) is 4.39 Å². The van der Waals surface area contributed by atoms with Gasteiger partial charge in [0.25, 0.3) is 0 Å². The first-order chi connectivity index (χ1) is 7.73. The molecule has 1 fully saturated rings. The highest BCUT2D eigenvalue weighted by Crippen LogP contribution is 2.36. The molecule has 1 aromatic heterocycles. The molecule has 1 aliphatic heterocycles. The zero-order valence-electron chi connectivity index (χ0n) is 10.3. The normalized spacial score (nSPS) is 21.9. The van der Waals surface area contributed by atoms with E-state index in [4.69, 9.17) is 9.31 Å². The summed E-state index contributed by atoms with van der Waals surface area (Å²) in [5.41, 5.74) is -0.287. The largest absolute Gasteiger partial charge is 0.515 e. The van der Waals surface area contributed by atoms with Crippen molar-refractivity contribution >= 4 is 28.6 Å². The number of pyridine rings is 1. The van der Waals surface area contributed by atoms with Crippen LogP contribution in [0.5, 0.6) is 0 Å². The average molecular weight is 302 g/mol. The molecule has 1 saturated heterocycles. The van der Waals surface area contributed by atoms with Gasteiger partial charge in [-0.1, -0.05) is 0 Å². The first-order valence-corrected chi connectivity index (χ1v) is 6.19. The van der Waals surface area contributed by atoms with Crippen molar-refractivity contribution in [1.82, 2.24) is 4.98 Å². The van der Waals surface area contributed by atoms with Gasteiger partial charge < -0.3 is 9.31 Å². The van der Waals surface area contributed by atoms with Crippen molar-refractivity contribution in [1.29, 1.82) is 0 Å². The maximum atomic E-state index is 13.0. The Morgan fingerprint density at radius 2 is 1.76 bits per heavy atom. The topological polar surface area (TPSA) is 31.4 Å². The molecule has 0 saturated carbocycles. The Kier molecular flexibility index (Phi) is 3.08. The van der Waals surface area contributed by atoms with Gasteiger partial charge in [0.1, 0.15) is 5.82 Å². The van der Waals surface area contributed by atoms with Crippen LogP contribution >= 0.6 is 15.9 Å². The Hall–Kier alpha value is -0.455. The molecule has 1 aliphatic rings. The first-order valence-electron chi connectivity index (χ1n) is 5.39. The number of hydrogen-bond donors (Lipinski definition) is 0. The van der Waals surface area contributed by atoms with Gasteiger partial charge in [-0.25, -0.2) is 4.39 Å². The van der Waals surface area contributed by atoms with Crippen LogP contribution in [0.25, 0.3) is 0 Å². The van der Waals surface area contributed by atoms with Crippen molar-refractivity contribution in [2.45, 2.75) is 38.9 Å². The van der Waals surface area contributed by atoms with Crippen molar-refractivity contribution in [2.24, 2.45) is 0 Å². The fourth-order valence-corrected chi connectivity index (χ4v) is 2.06. The molecule has 0 radical (unpaired) electrons. The second-order valence-electron chi connectivity index (χ2n) is 5.11. The number of rotatable bonds is 1. The Balaban J connectivity index is 2.32. The molecule has 0 aliphatic carbocycles. The highest BCUT2D eigenvalue weighted by Gasteiger charge is 2.52. The smallest absolute Gasteiger partial charge is 0.398 e. The summed E-state index contributed by atoms with van der Waals surface area (Å²) in [6, 6.07) is 1.35. The summed E-state index contributed by atoms with van der Waals surface area (Å²) in [4.78, 5) is 4.02. The second-order valence-corrected chi connectivity index (χ2v) is 5.96. The van der Waals surface area contributed by atoms with Crippen LogP contribution < -0.4 is 5.59 Å². The Bertz CT molecular complexity index is 437. The lowest BCUT2D eigenvalue weighted by Gasteiger charge is -2.32. The summed E-state index contributed by atoms with van der Waals surface area (Å²) < 4.78 is 25.2. The molecule has 0 N–H and O–H groups in total. The third-order valence-electron chi connectivity index (χ3n) is 3.31. The predicted octanol–water partition coefficient (Wildman–Crippen LogP) is 2.28. The third kappa shape index (κ3) is 2.26. The van der Waals surface area contributed by atoms with Crippen molar-refractivity contribution in [3.05, 3.63) is 22.6 Å². The molecule has 0 atom stereocenters. The van der Waals surface area contributed by atoms with Crippen LogP contribution in [-0.2, 0) is 9.31 Å². The fourth-order valence-electron chi connectivity index (χ4n) is 1.55. The zero-order valence-corrected chi connectivity index (χ0v) is 11.8. The predicted molar refractivity (Wildman–Crippen MR) is 67.6 cm³/mol. The lowest BCUT2D eigenvalue weighted by atomic mass is 9.84. The standard InChI is InChI=1S/C11H14BBrFNO2/c1-10(2)11(3,4)17-12(16-10)9-8(13)5-7(14)6-15-9/h5-6H,1-4H3. The van der Waals surface area contributed by atoms with Gasteiger partial charge in [0.15, 0.2) is 0 Å². The molecule has 0 aromatic carbocycles. The molecule has 0 spiro atoms. The molecule has 17 heavy (non-hydrogen) atoms. The van der Waals surface area contributed by atoms with E-state index in [1.807, 2.05) is 27.7 Å². The Morgan fingerprint density at radius 3 is 2.24 bits per heavy atom. The monoisotopic (exact) mass is 301 g/mol. The van der Waals surface area contributed by atoms with Gasteiger partial charge in [-0.3, -0.25) is 4.98 Å². The summed E-state index contributed by atoms with van der Waals surface area (Å²) in [7, 11) is -0.574. The summed E-state index contributed by atoms with van der Waals surface area (Å²) >= 11 is 3.27. The SMILES string of the molecule is CC1(C)OB(c2ncc(F)cc2Br)OC1(C)C. The average Bonchev–Trinajstić information content (AvgIpc) is 2.35. The minimum absolute atomic E-state index is 0.392. The van der Waals surface area contributed by atoms with Gasteiger partial charge in [-0.2, -0.15) is 0 Å².